The summed E-state index contributed by atoms with van der Waals surface area (Å²) >= 11 is 3.53. The molecule has 0 saturated carbocycles. The number of halogens is 1. The second-order valence-corrected chi connectivity index (χ2v) is 4.92. The number of nitrogen functional groups attached to an aromatic ring is 1. The van der Waals surface area contributed by atoms with E-state index in [0.29, 0.717) is 11.3 Å². The molecule has 2 N–H and O–H groups in total. The van der Waals surface area contributed by atoms with Crippen LogP contribution in [-0.2, 0) is 0 Å². The minimum Gasteiger partial charge on any atom is -0.464 e. The number of hydrogen-bond acceptors (Lipinski definition) is 5. The van der Waals surface area contributed by atoms with E-state index in [1.54, 1.807) is 18.6 Å². The van der Waals surface area contributed by atoms with Gasteiger partial charge in [-0.15, -0.1) is 0 Å². The molecule has 0 amide bonds. The van der Waals surface area contributed by atoms with Crippen LogP contribution in [0.4, 0.5) is 5.88 Å². The van der Waals surface area contributed by atoms with Gasteiger partial charge in [-0.05, 0) is 28.1 Å². The Morgan fingerprint density at radius 2 is 1.79 bits per heavy atom. The third-order valence-electron chi connectivity index (χ3n) is 3.05. The molecule has 0 aliphatic rings. The van der Waals surface area contributed by atoms with Gasteiger partial charge in [0.25, 0.3) is 0 Å². The van der Waals surface area contributed by atoms with Gasteiger partial charge in [-0.25, -0.2) is 0 Å². The lowest BCUT2D eigenvalue weighted by Gasteiger charge is -2.02. The average Bonchev–Trinajstić information content (AvgIpc) is 3.09. The van der Waals surface area contributed by atoms with E-state index in [0.717, 1.165) is 26.4 Å². The summed E-state index contributed by atoms with van der Waals surface area (Å²) in [4.78, 5) is 0. The molecule has 0 aliphatic carbocycles. The van der Waals surface area contributed by atoms with Crippen molar-refractivity contribution in [1.82, 2.24) is 5.16 Å². The summed E-state index contributed by atoms with van der Waals surface area (Å²) in [5.41, 5.74) is 8.48. The molecule has 0 atom stereocenters. The van der Waals surface area contributed by atoms with Gasteiger partial charge in [0, 0.05) is 16.8 Å². The van der Waals surface area contributed by atoms with Gasteiger partial charge in [-0.1, -0.05) is 5.16 Å². The van der Waals surface area contributed by atoms with Gasteiger partial charge >= 0.3 is 0 Å². The highest BCUT2D eigenvalue weighted by atomic mass is 79.9. The number of aromatic nitrogens is 1. The number of hydrogen-bond donors (Lipinski definition) is 1. The van der Waals surface area contributed by atoms with Crippen molar-refractivity contribution in [2.45, 2.75) is 0 Å². The van der Waals surface area contributed by atoms with Gasteiger partial charge in [-0.3, -0.25) is 0 Å². The number of fused-ring (bicyclic) bond motifs is 2. The van der Waals surface area contributed by atoms with Crippen LogP contribution in [0.2, 0.25) is 0 Å². The highest BCUT2D eigenvalue weighted by molar-refractivity contribution is 9.10. The fourth-order valence-corrected chi connectivity index (χ4v) is 2.88. The first-order valence-electron chi connectivity index (χ1n) is 5.54. The lowest BCUT2D eigenvalue weighted by molar-refractivity contribution is 0.439. The van der Waals surface area contributed by atoms with E-state index in [1.807, 2.05) is 12.1 Å². The zero-order valence-electron chi connectivity index (χ0n) is 9.51. The molecule has 1 aromatic carbocycles. The van der Waals surface area contributed by atoms with Crippen molar-refractivity contribution in [3.63, 3.8) is 0 Å². The molecule has 5 nitrogen and oxygen atoms in total. The van der Waals surface area contributed by atoms with Crippen LogP contribution in [0.1, 0.15) is 0 Å². The zero-order chi connectivity index (χ0) is 13.0. The molecule has 0 saturated heterocycles. The second-order valence-electron chi connectivity index (χ2n) is 4.13. The maximum absolute atomic E-state index is 5.59. The summed E-state index contributed by atoms with van der Waals surface area (Å²) in [6.45, 7) is 0. The fourth-order valence-electron chi connectivity index (χ4n) is 2.26. The molecule has 6 heteroatoms. The number of rotatable bonds is 1. The highest BCUT2D eigenvalue weighted by Gasteiger charge is 2.20. The topological polar surface area (TPSA) is 78.3 Å². The predicted octanol–water partition coefficient (Wildman–Crippen LogP) is 4.18. The maximum atomic E-state index is 5.59. The Labute approximate surface area is 115 Å². The van der Waals surface area contributed by atoms with Crippen LogP contribution >= 0.6 is 15.9 Å². The molecule has 4 rings (SSSR count). The van der Waals surface area contributed by atoms with E-state index in [4.69, 9.17) is 19.1 Å². The first-order valence-corrected chi connectivity index (χ1v) is 6.33. The molecule has 19 heavy (non-hydrogen) atoms. The summed E-state index contributed by atoms with van der Waals surface area (Å²) < 4.78 is 16.9. The summed E-state index contributed by atoms with van der Waals surface area (Å²) in [6, 6.07) is 5.40. The van der Waals surface area contributed by atoms with Crippen LogP contribution in [0.25, 0.3) is 33.2 Å². The molecule has 4 aromatic rings. The van der Waals surface area contributed by atoms with Gasteiger partial charge in [0.05, 0.1) is 22.6 Å². The minimum absolute atomic E-state index is 0.259. The molecule has 0 radical (unpaired) electrons. The first kappa shape index (κ1) is 10.7. The lowest BCUT2D eigenvalue weighted by atomic mass is 10.0. The Bertz CT molecular complexity index is 851. The van der Waals surface area contributed by atoms with E-state index >= 15 is 0 Å². The summed E-state index contributed by atoms with van der Waals surface area (Å²) in [7, 11) is 0. The van der Waals surface area contributed by atoms with Crippen LogP contribution < -0.4 is 5.73 Å². The fraction of sp³-hybridized carbons (Fsp3) is 0. The van der Waals surface area contributed by atoms with E-state index in [2.05, 4.69) is 21.1 Å². The molecule has 0 bridgehead atoms. The summed E-state index contributed by atoms with van der Waals surface area (Å²) in [5.74, 6) is 0.259. The third kappa shape index (κ3) is 1.37. The van der Waals surface area contributed by atoms with Crippen LogP contribution in [0.5, 0.6) is 0 Å². The second kappa shape index (κ2) is 3.64. The van der Waals surface area contributed by atoms with Gasteiger partial charge in [0.2, 0.25) is 5.88 Å². The Hall–Kier alpha value is -2.21. The monoisotopic (exact) mass is 318 g/mol. The molecule has 94 valence electrons. The van der Waals surface area contributed by atoms with Gasteiger partial charge in [0.1, 0.15) is 16.9 Å². The smallest absolute Gasteiger partial charge is 0.222 e. The number of anilines is 1. The van der Waals surface area contributed by atoms with Crippen molar-refractivity contribution in [2.75, 3.05) is 5.73 Å². The third-order valence-corrected chi connectivity index (χ3v) is 3.83. The van der Waals surface area contributed by atoms with E-state index in [1.165, 1.54) is 0 Å². The van der Waals surface area contributed by atoms with Crippen molar-refractivity contribution >= 4 is 43.8 Å². The van der Waals surface area contributed by atoms with Crippen molar-refractivity contribution < 1.29 is 13.4 Å². The number of nitrogens with zero attached hydrogens (tertiary/aromatic N) is 1. The number of nitrogens with two attached hydrogens (primary N) is 1. The molecular formula is C13H7BrN2O3. The normalized spacial score (nSPS) is 11.6. The molecular weight excluding hydrogens is 312 g/mol. The number of furan rings is 2. The van der Waals surface area contributed by atoms with Crippen molar-refractivity contribution in [3.8, 4) is 11.3 Å². The van der Waals surface area contributed by atoms with Crippen LogP contribution in [0, 0.1) is 0 Å². The van der Waals surface area contributed by atoms with Crippen molar-refractivity contribution in [1.29, 1.82) is 0 Å². The van der Waals surface area contributed by atoms with Crippen LogP contribution in [-0.4, -0.2) is 5.16 Å². The largest absolute Gasteiger partial charge is 0.464 e. The highest BCUT2D eigenvalue weighted by Crippen LogP contribution is 2.42. The Balaban J connectivity index is 2.24. The summed E-state index contributed by atoms with van der Waals surface area (Å²) in [5, 5.41) is 5.77. The van der Waals surface area contributed by atoms with Crippen molar-refractivity contribution in [2.24, 2.45) is 0 Å². The van der Waals surface area contributed by atoms with Gasteiger partial charge in [0.15, 0.2) is 0 Å². The predicted molar refractivity (Wildman–Crippen MR) is 73.6 cm³/mol. The summed E-state index contributed by atoms with van der Waals surface area (Å²) in [6.07, 6.45) is 3.25. The molecule has 3 heterocycles. The molecule has 0 fully saturated rings. The lowest BCUT2D eigenvalue weighted by Crippen LogP contribution is -1.82. The SMILES string of the molecule is Nc1cc(-c2c3ccoc3c(Br)c3ccoc23)no1. The van der Waals surface area contributed by atoms with Crippen LogP contribution in [0.3, 0.4) is 0 Å². The molecule has 3 aromatic heterocycles. The maximum Gasteiger partial charge on any atom is 0.222 e. The molecule has 0 unspecified atom stereocenters. The van der Waals surface area contributed by atoms with Crippen molar-refractivity contribution in [3.05, 3.63) is 35.2 Å². The van der Waals surface area contributed by atoms with E-state index in [-0.39, 0.29) is 5.88 Å². The Morgan fingerprint density at radius 1 is 1.05 bits per heavy atom. The van der Waals surface area contributed by atoms with Crippen LogP contribution in [0.15, 0.2) is 48.6 Å². The van der Waals surface area contributed by atoms with Gasteiger partial charge in [-0.2, -0.15) is 0 Å². The Morgan fingerprint density at radius 3 is 2.53 bits per heavy atom. The zero-order valence-corrected chi connectivity index (χ0v) is 11.1. The first-order chi connectivity index (χ1) is 9.25. The molecule has 0 aliphatic heterocycles. The Kier molecular flexibility index (Phi) is 2.05. The minimum atomic E-state index is 0.259. The van der Waals surface area contributed by atoms with Gasteiger partial charge < -0.3 is 19.1 Å². The number of benzene rings is 1. The standard InChI is InChI=1S/C13H7BrN2O3/c14-11-7-2-4-17-12(7)10(6-1-3-18-13(6)11)8-5-9(15)19-16-8/h1-5H,15H2. The van der Waals surface area contributed by atoms with E-state index < -0.39 is 0 Å². The average molecular weight is 319 g/mol. The quantitative estimate of drug-likeness (QED) is 0.569. The molecule has 0 spiro atoms. The van der Waals surface area contributed by atoms with E-state index in [9.17, 15) is 0 Å².